The molecule has 0 spiro atoms. The summed E-state index contributed by atoms with van der Waals surface area (Å²) in [6, 6.07) is 1.09. The number of nitrogens with zero attached hydrogens (tertiary/aromatic N) is 1. The minimum absolute atomic E-state index is 0.422. The predicted molar refractivity (Wildman–Crippen MR) is 43.8 cm³/mol. The standard InChI is InChI=1S/C8H18N2/c1-6-5-10(3)7(2)4-8(6)9/h6-8H,4-5,9H2,1-3H3/t6-,7-,8-/m1/s1. The van der Waals surface area contributed by atoms with Crippen molar-refractivity contribution in [2.45, 2.75) is 32.4 Å². The zero-order valence-corrected chi connectivity index (χ0v) is 7.17. The van der Waals surface area contributed by atoms with E-state index in [1.54, 1.807) is 0 Å². The number of piperidine rings is 1. The van der Waals surface area contributed by atoms with Crippen LogP contribution in [0.1, 0.15) is 20.3 Å². The molecule has 0 saturated carbocycles. The van der Waals surface area contributed by atoms with E-state index in [0.29, 0.717) is 18.0 Å². The van der Waals surface area contributed by atoms with Crippen molar-refractivity contribution < 1.29 is 0 Å². The van der Waals surface area contributed by atoms with Crippen LogP contribution >= 0.6 is 0 Å². The minimum Gasteiger partial charge on any atom is -0.327 e. The van der Waals surface area contributed by atoms with Crippen LogP contribution < -0.4 is 5.73 Å². The van der Waals surface area contributed by atoms with Gasteiger partial charge in [0, 0.05) is 18.6 Å². The van der Waals surface area contributed by atoms with Crippen molar-refractivity contribution in [1.29, 1.82) is 0 Å². The van der Waals surface area contributed by atoms with Crippen LogP contribution in [0.4, 0.5) is 0 Å². The lowest BCUT2D eigenvalue weighted by atomic mass is 9.91. The Morgan fingerprint density at radius 2 is 2.00 bits per heavy atom. The summed E-state index contributed by atoms with van der Waals surface area (Å²) >= 11 is 0. The first-order chi connectivity index (χ1) is 4.61. The van der Waals surface area contributed by atoms with Crippen LogP contribution in [-0.2, 0) is 0 Å². The lowest BCUT2D eigenvalue weighted by molar-refractivity contribution is 0.138. The molecule has 0 aromatic carbocycles. The Hall–Kier alpha value is -0.0800. The maximum atomic E-state index is 5.90. The molecule has 0 amide bonds. The maximum absolute atomic E-state index is 5.90. The Morgan fingerprint density at radius 3 is 2.50 bits per heavy atom. The Labute approximate surface area is 63.4 Å². The number of nitrogens with two attached hydrogens (primary N) is 1. The van der Waals surface area contributed by atoms with Gasteiger partial charge in [-0.25, -0.2) is 0 Å². The second kappa shape index (κ2) is 2.89. The Bertz CT molecular complexity index is 87.8. The quantitative estimate of drug-likeness (QED) is 0.539. The third-order valence-electron chi connectivity index (χ3n) is 2.67. The van der Waals surface area contributed by atoms with Gasteiger partial charge in [-0.1, -0.05) is 6.92 Å². The number of hydrogen-bond donors (Lipinski definition) is 1. The molecule has 2 heteroatoms. The van der Waals surface area contributed by atoms with Crippen LogP contribution in [0.15, 0.2) is 0 Å². The van der Waals surface area contributed by atoms with Gasteiger partial charge in [-0.15, -0.1) is 0 Å². The number of rotatable bonds is 0. The Kier molecular flexibility index (Phi) is 2.32. The SMILES string of the molecule is C[C@@H]1CN(C)[C@H](C)C[C@H]1N. The first kappa shape index (κ1) is 8.02. The summed E-state index contributed by atoms with van der Waals surface area (Å²) in [5.74, 6) is 0.668. The summed E-state index contributed by atoms with van der Waals surface area (Å²) in [5.41, 5.74) is 5.90. The molecule has 0 aromatic heterocycles. The van der Waals surface area contributed by atoms with E-state index >= 15 is 0 Å². The second-order valence-electron chi connectivity index (χ2n) is 3.67. The van der Waals surface area contributed by atoms with Gasteiger partial charge in [-0.2, -0.15) is 0 Å². The molecule has 0 aliphatic carbocycles. The summed E-state index contributed by atoms with van der Waals surface area (Å²) in [6.45, 7) is 5.63. The normalized spacial score (nSPS) is 43.8. The highest BCUT2D eigenvalue weighted by molar-refractivity contribution is 4.83. The van der Waals surface area contributed by atoms with Crippen molar-refractivity contribution in [3.05, 3.63) is 0 Å². The first-order valence-electron chi connectivity index (χ1n) is 4.07. The van der Waals surface area contributed by atoms with Crippen molar-refractivity contribution in [3.63, 3.8) is 0 Å². The molecule has 0 bridgehead atoms. The van der Waals surface area contributed by atoms with Crippen LogP contribution in [0.5, 0.6) is 0 Å². The molecule has 1 heterocycles. The average Bonchev–Trinajstić information content (AvgIpc) is 1.84. The first-order valence-corrected chi connectivity index (χ1v) is 4.07. The highest BCUT2D eigenvalue weighted by Crippen LogP contribution is 2.18. The highest BCUT2D eigenvalue weighted by Gasteiger charge is 2.25. The molecule has 2 N–H and O–H groups in total. The van der Waals surface area contributed by atoms with E-state index in [2.05, 4.69) is 25.8 Å². The van der Waals surface area contributed by atoms with Gasteiger partial charge in [0.05, 0.1) is 0 Å². The van der Waals surface area contributed by atoms with Gasteiger partial charge in [0.1, 0.15) is 0 Å². The lowest BCUT2D eigenvalue weighted by Gasteiger charge is -2.37. The second-order valence-corrected chi connectivity index (χ2v) is 3.67. The van der Waals surface area contributed by atoms with Crippen LogP contribution in [0.2, 0.25) is 0 Å². The summed E-state index contributed by atoms with van der Waals surface area (Å²) < 4.78 is 0. The van der Waals surface area contributed by atoms with E-state index in [4.69, 9.17) is 5.73 Å². The molecule has 2 nitrogen and oxygen atoms in total. The lowest BCUT2D eigenvalue weighted by Crippen LogP contribution is -2.48. The Balaban J connectivity index is 2.46. The van der Waals surface area contributed by atoms with Crippen molar-refractivity contribution in [3.8, 4) is 0 Å². The van der Waals surface area contributed by atoms with Gasteiger partial charge in [0.2, 0.25) is 0 Å². The third kappa shape index (κ3) is 1.50. The summed E-state index contributed by atoms with van der Waals surface area (Å²) in [4.78, 5) is 2.38. The molecule has 0 radical (unpaired) electrons. The smallest absolute Gasteiger partial charge is 0.00915 e. The molecule has 1 aliphatic heterocycles. The number of likely N-dealkylation sites (tertiary alicyclic amines) is 1. The van der Waals surface area contributed by atoms with E-state index < -0.39 is 0 Å². The molecule has 1 aliphatic rings. The fourth-order valence-corrected chi connectivity index (χ4v) is 1.58. The third-order valence-corrected chi connectivity index (χ3v) is 2.67. The number of hydrogen-bond acceptors (Lipinski definition) is 2. The van der Waals surface area contributed by atoms with Gasteiger partial charge in [0.25, 0.3) is 0 Å². The highest BCUT2D eigenvalue weighted by atomic mass is 15.1. The monoisotopic (exact) mass is 142 g/mol. The molecule has 1 rings (SSSR count). The summed E-state index contributed by atoms with van der Waals surface area (Å²) in [7, 11) is 2.17. The molecule has 0 aromatic rings. The fourth-order valence-electron chi connectivity index (χ4n) is 1.58. The molecule has 1 saturated heterocycles. The van der Waals surface area contributed by atoms with Gasteiger partial charge < -0.3 is 10.6 Å². The van der Waals surface area contributed by atoms with Crippen LogP contribution in [0.3, 0.4) is 0 Å². The van der Waals surface area contributed by atoms with Crippen molar-refractivity contribution in [2.75, 3.05) is 13.6 Å². The molecular weight excluding hydrogens is 124 g/mol. The minimum atomic E-state index is 0.422. The van der Waals surface area contributed by atoms with Crippen LogP contribution in [0, 0.1) is 5.92 Å². The van der Waals surface area contributed by atoms with E-state index in [9.17, 15) is 0 Å². The molecule has 0 unspecified atom stereocenters. The molecule has 60 valence electrons. The summed E-state index contributed by atoms with van der Waals surface area (Å²) in [5, 5.41) is 0. The van der Waals surface area contributed by atoms with Gasteiger partial charge >= 0.3 is 0 Å². The average molecular weight is 142 g/mol. The van der Waals surface area contributed by atoms with E-state index in [-0.39, 0.29) is 0 Å². The topological polar surface area (TPSA) is 29.3 Å². The zero-order valence-electron chi connectivity index (χ0n) is 7.17. The van der Waals surface area contributed by atoms with E-state index in [1.165, 1.54) is 0 Å². The van der Waals surface area contributed by atoms with Gasteiger partial charge in [-0.05, 0) is 26.3 Å². The van der Waals surface area contributed by atoms with Gasteiger partial charge in [0.15, 0.2) is 0 Å². The van der Waals surface area contributed by atoms with Gasteiger partial charge in [-0.3, -0.25) is 0 Å². The van der Waals surface area contributed by atoms with E-state index in [1.807, 2.05) is 0 Å². The van der Waals surface area contributed by atoms with E-state index in [0.717, 1.165) is 13.0 Å². The van der Waals surface area contributed by atoms with Crippen molar-refractivity contribution >= 4 is 0 Å². The van der Waals surface area contributed by atoms with Crippen molar-refractivity contribution in [2.24, 2.45) is 11.7 Å². The predicted octanol–water partition coefficient (Wildman–Crippen LogP) is 0.674. The van der Waals surface area contributed by atoms with Crippen LogP contribution in [0.25, 0.3) is 0 Å². The molecular formula is C8H18N2. The largest absolute Gasteiger partial charge is 0.327 e. The molecule has 10 heavy (non-hydrogen) atoms. The van der Waals surface area contributed by atoms with Crippen molar-refractivity contribution in [1.82, 2.24) is 4.90 Å². The Morgan fingerprint density at radius 1 is 1.40 bits per heavy atom. The molecule has 3 atom stereocenters. The fraction of sp³-hybridized carbons (Fsp3) is 1.00. The van der Waals surface area contributed by atoms with Crippen LogP contribution in [-0.4, -0.2) is 30.6 Å². The molecule has 1 fully saturated rings. The summed E-state index contributed by atoms with van der Waals surface area (Å²) in [6.07, 6.45) is 1.15. The zero-order chi connectivity index (χ0) is 7.72. The maximum Gasteiger partial charge on any atom is 0.00915 e.